The Morgan fingerprint density at radius 3 is 3.00 bits per heavy atom. The van der Waals surface area contributed by atoms with E-state index in [0.29, 0.717) is 15.8 Å². The zero-order valence-electron chi connectivity index (χ0n) is 6.71. The van der Waals surface area contributed by atoms with Crippen LogP contribution in [0.5, 0.6) is 0 Å². The van der Waals surface area contributed by atoms with Crippen LogP contribution in [0, 0.1) is 6.92 Å². The zero-order valence-corrected chi connectivity index (χ0v) is 8.29. The molecule has 2 aromatic heterocycles. The first-order chi connectivity index (χ1) is 6.11. The molecular formula is C6H6BrN5O. The minimum Gasteiger partial charge on any atom is -0.369 e. The van der Waals surface area contributed by atoms with Crippen molar-refractivity contribution in [3.63, 3.8) is 0 Å². The summed E-state index contributed by atoms with van der Waals surface area (Å²) in [6.45, 7) is 1.78. The van der Waals surface area contributed by atoms with E-state index in [4.69, 9.17) is 5.73 Å². The molecule has 0 saturated carbocycles. The molecule has 0 aliphatic carbocycles. The van der Waals surface area contributed by atoms with Gasteiger partial charge in [0.25, 0.3) is 0 Å². The van der Waals surface area contributed by atoms with Crippen LogP contribution in [-0.4, -0.2) is 19.6 Å². The largest absolute Gasteiger partial charge is 0.369 e. The Morgan fingerprint density at radius 2 is 2.31 bits per heavy atom. The summed E-state index contributed by atoms with van der Waals surface area (Å²) in [6, 6.07) is 0. The predicted octanol–water partition coefficient (Wildman–Crippen LogP) is 0.0707. The molecule has 0 saturated heterocycles. The number of nitrogens with one attached hydrogen (secondary N) is 1. The molecule has 68 valence electrons. The molecule has 0 amide bonds. The zero-order chi connectivity index (χ0) is 9.59. The maximum Gasteiger partial charge on any atom is 0.350 e. The number of anilines is 1. The quantitative estimate of drug-likeness (QED) is 0.686. The number of nitrogens with zero attached hydrogens (tertiary/aromatic N) is 3. The van der Waals surface area contributed by atoms with Gasteiger partial charge in [0.05, 0.1) is 10.2 Å². The Morgan fingerprint density at radius 1 is 1.62 bits per heavy atom. The Kier molecular flexibility index (Phi) is 1.62. The van der Waals surface area contributed by atoms with Crippen LogP contribution < -0.4 is 11.4 Å². The van der Waals surface area contributed by atoms with Gasteiger partial charge in [-0.05, 0) is 22.9 Å². The lowest BCUT2D eigenvalue weighted by Crippen LogP contribution is -2.15. The van der Waals surface area contributed by atoms with Crippen molar-refractivity contribution >= 4 is 27.5 Å². The van der Waals surface area contributed by atoms with Crippen LogP contribution in [0.1, 0.15) is 5.69 Å². The predicted molar refractivity (Wildman–Crippen MR) is 50.5 cm³/mol. The molecule has 0 unspecified atom stereocenters. The van der Waals surface area contributed by atoms with E-state index in [1.807, 2.05) is 0 Å². The highest BCUT2D eigenvalue weighted by Crippen LogP contribution is 2.19. The van der Waals surface area contributed by atoms with E-state index in [1.165, 1.54) is 4.40 Å². The van der Waals surface area contributed by atoms with Crippen LogP contribution in [0.15, 0.2) is 9.27 Å². The van der Waals surface area contributed by atoms with E-state index in [-0.39, 0.29) is 11.6 Å². The number of hydrogen-bond acceptors (Lipinski definition) is 4. The number of nitrogen functional groups attached to an aromatic ring is 1. The van der Waals surface area contributed by atoms with Crippen molar-refractivity contribution in [2.45, 2.75) is 6.92 Å². The summed E-state index contributed by atoms with van der Waals surface area (Å²) in [6.07, 6.45) is 0. The highest BCUT2D eigenvalue weighted by atomic mass is 79.9. The first-order valence-electron chi connectivity index (χ1n) is 3.50. The van der Waals surface area contributed by atoms with Gasteiger partial charge in [-0.15, -0.1) is 0 Å². The number of aromatic amines is 1. The highest BCUT2D eigenvalue weighted by molar-refractivity contribution is 9.10. The standard InChI is InChI=1S/C6H6BrN5O/c1-2-3(7)4-10-11-6(13)12(4)5(8)9-2/h1H3,(H2,8,9)(H,11,13). The first-order valence-corrected chi connectivity index (χ1v) is 4.29. The van der Waals surface area contributed by atoms with Gasteiger partial charge in [-0.3, -0.25) is 0 Å². The minimum atomic E-state index is -0.388. The summed E-state index contributed by atoms with van der Waals surface area (Å²) in [5.41, 5.74) is 6.31. The lowest BCUT2D eigenvalue weighted by Gasteiger charge is -2.00. The van der Waals surface area contributed by atoms with Crippen molar-refractivity contribution in [1.29, 1.82) is 0 Å². The van der Waals surface area contributed by atoms with Gasteiger partial charge in [-0.25, -0.2) is 19.3 Å². The Labute approximate surface area is 80.9 Å². The number of fused-ring (bicyclic) bond motifs is 1. The van der Waals surface area contributed by atoms with Gasteiger partial charge >= 0.3 is 5.69 Å². The summed E-state index contributed by atoms with van der Waals surface area (Å²) in [5.74, 6) is 0.134. The van der Waals surface area contributed by atoms with E-state index in [1.54, 1.807) is 6.92 Å². The van der Waals surface area contributed by atoms with Crippen molar-refractivity contribution in [3.05, 3.63) is 20.7 Å². The van der Waals surface area contributed by atoms with Crippen molar-refractivity contribution in [1.82, 2.24) is 19.6 Å². The van der Waals surface area contributed by atoms with Crippen LogP contribution >= 0.6 is 15.9 Å². The molecule has 7 heteroatoms. The van der Waals surface area contributed by atoms with Gasteiger partial charge in [0.2, 0.25) is 5.95 Å². The average molecular weight is 244 g/mol. The van der Waals surface area contributed by atoms with Crippen LogP contribution in [0.2, 0.25) is 0 Å². The molecule has 0 radical (unpaired) electrons. The van der Waals surface area contributed by atoms with E-state index in [0.717, 1.165) is 0 Å². The summed E-state index contributed by atoms with van der Waals surface area (Å²) >= 11 is 3.27. The third-order valence-electron chi connectivity index (χ3n) is 1.70. The van der Waals surface area contributed by atoms with Gasteiger partial charge in [0, 0.05) is 0 Å². The van der Waals surface area contributed by atoms with Crippen molar-refractivity contribution < 1.29 is 0 Å². The molecule has 0 fully saturated rings. The number of nitrogens with two attached hydrogens (primary N) is 1. The highest BCUT2D eigenvalue weighted by Gasteiger charge is 2.10. The van der Waals surface area contributed by atoms with Crippen molar-refractivity contribution in [2.24, 2.45) is 0 Å². The normalized spacial score (nSPS) is 10.9. The summed E-state index contributed by atoms with van der Waals surface area (Å²) < 4.78 is 1.87. The summed E-state index contributed by atoms with van der Waals surface area (Å²) in [5, 5.41) is 6.09. The number of halogens is 1. The molecule has 0 spiro atoms. The second-order valence-corrected chi connectivity index (χ2v) is 3.35. The molecule has 2 rings (SSSR count). The van der Waals surface area contributed by atoms with Crippen LogP contribution in [0.4, 0.5) is 5.95 Å². The number of aryl methyl sites for hydroxylation is 1. The molecule has 3 N–H and O–H groups in total. The molecule has 0 bridgehead atoms. The second-order valence-electron chi connectivity index (χ2n) is 2.56. The lowest BCUT2D eigenvalue weighted by molar-refractivity contribution is 0.996. The molecule has 2 heterocycles. The minimum absolute atomic E-state index is 0.134. The SMILES string of the molecule is Cc1nc(N)n2c(=O)[nH]nc2c1Br. The number of rotatable bonds is 0. The smallest absolute Gasteiger partial charge is 0.350 e. The van der Waals surface area contributed by atoms with Crippen LogP contribution in [0.25, 0.3) is 5.65 Å². The molecule has 6 nitrogen and oxygen atoms in total. The van der Waals surface area contributed by atoms with E-state index < -0.39 is 0 Å². The van der Waals surface area contributed by atoms with Crippen molar-refractivity contribution in [2.75, 3.05) is 5.73 Å². The molecule has 2 aromatic rings. The fourth-order valence-electron chi connectivity index (χ4n) is 1.09. The molecule has 13 heavy (non-hydrogen) atoms. The molecule has 0 aliphatic heterocycles. The Balaban J connectivity index is 3.08. The van der Waals surface area contributed by atoms with Gasteiger partial charge < -0.3 is 5.73 Å². The van der Waals surface area contributed by atoms with E-state index in [2.05, 4.69) is 31.1 Å². The monoisotopic (exact) mass is 243 g/mol. The fraction of sp³-hybridized carbons (Fsp3) is 0.167. The fourth-order valence-corrected chi connectivity index (χ4v) is 1.44. The molecule has 0 aliphatic rings. The Bertz CT molecular complexity index is 528. The van der Waals surface area contributed by atoms with Crippen LogP contribution in [0.3, 0.4) is 0 Å². The maximum atomic E-state index is 11.2. The molecule has 0 aromatic carbocycles. The molecule has 0 atom stereocenters. The third-order valence-corrected chi connectivity index (χ3v) is 2.63. The van der Waals surface area contributed by atoms with Gasteiger partial charge in [0.15, 0.2) is 5.65 Å². The topological polar surface area (TPSA) is 89.1 Å². The third kappa shape index (κ3) is 1.04. The number of aromatic nitrogens is 4. The summed E-state index contributed by atoms with van der Waals surface area (Å²) in [4.78, 5) is 15.1. The maximum absolute atomic E-state index is 11.2. The number of H-pyrrole nitrogens is 1. The van der Waals surface area contributed by atoms with Crippen LogP contribution in [-0.2, 0) is 0 Å². The molecular weight excluding hydrogens is 238 g/mol. The van der Waals surface area contributed by atoms with Gasteiger partial charge in [-0.1, -0.05) is 0 Å². The Hall–Kier alpha value is -1.37. The van der Waals surface area contributed by atoms with E-state index in [9.17, 15) is 4.79 Å². The lowest BCUT2D eigenvalue weighted by atomic mass is 10.4. The number of hydrogen-bond donors (Lipinski definition) is 2. The van der Waals surface area contributed by atoms with Gasteiger partial charge in [0.1, 0.15) is 0 Å². The van der Waals surface area contributed by atoms with E-state index >= 15 is 0 Å². The van der Waals surface area contributed by atoms with Crippen molar-refractivity contribution in [3.8, 4) is 0 Å². The first kappa shape index (κ1) is 8.24. The average Bonchev–Trinajstić information content (AvgIpc) is 2.44. The second kappa shape index (κ2) is 2.56. The van der Waals surface area contributed by atoms with Gasteiger partial charge in [-0.2, -0.15) is 5.10 Å². The summed E-state index contributed by atoms with van der Waals surface area (Å²) in [7, 11) is 0.